The second-order valence-electron chi connectivity index (χ2n) is 4.76. The minimum atomic E-state index is 0.490. The summed E-state index contributed by atoms with van der Waals surface area (Å²) < 4.78 is 16.2. The molecule has 7 nitrogen and oxygen atoms in total. The number of nitrogens with zero attached hydrogens (tertiary/aromatic N) is 1. The lowest BCUT2D eigenvalue weighted by Gasteiger charge is -2.19. The molecule has 0 aromatic carbocycles. The van der Waals surface area contributed by atoms with Gasteiger partial charge in [0.25, 0.3) is 0 Å². The van der Waals surface area contributed by atoms with Crippen LogP contribution >= 0.6 is 0 Å². The Morgan fingerprint density at radius 1 is 0.920 bits per heavy atom. The zero-order valence-electron chi connectivity index (χ0n) is 17.1. The van der Waals surface area contributed by atoms with Gasteiger partial charge >= 0.3 is 0 Å². The number of likely N-dealkylation sites (N-methyl/N-ethyl adjacent to an activating group) is 1. The molecule has 0 heterocycles. The van der Waals surface area contributed by atoms with E-state index in [0.717, 1.165) is 45.9 Å². The van der Waals surface area contributed by atoms with Crippen LogP contribution < -0.4 is 5.32 Å². The van der Waals surface area contributed by atoms with Gasteiger partial charge in [0, 0.05) is 20.2 Å². The fraction of sp³-hybridized carbons (Fsp3) is 0.944. The third-order valence-electron chi connectivity index (χ3n) is 2.95. The molecule has 154 valence electrons. The first-order valence-corrected chi connectivity index (χ1v) is 9.33. The highest BCUT2D eigenvalue weighted by molar-refractivity contribution is 5.51. The van der Waals surface area contributed by atoms with Crippen molar-refractivity contribution < 1.29 is 24.1 Å². The van der Waals surface area contributed by atoms with Crippen LogP contribution in [0.25, 0.3) is 0 Å². The topological polar surface area (TPSA) is 80.3 Å². The molecule has 0 spiro atoms. The summed E-state index contributed by atoms with van der Waals surface area (Å²) in [6.45, 7) is 13.0. The molecule has 0 atom stereocenters. The molecular weight excluding hydrogens is 324 g/mol. The molecule has 0 bridgehead atoms. The Kier molecular flexibility index (Phi) is 36.5. The summed E-state index contributed by atoms with van der Waals surface area (Å²) in [4.78, 5) is 12.7. The van der Waals surface area contributed by atoms with Crippen LogP contribution in [-0.4, -0.2) is 96.3 Å². The third kappa shape index (κ3) is 28.5. The van der Waals surface area contributed by atoms with Crippen LogP contribution in [0.15, 0.2) is 0 Å². The van der Waals surface area contributed by atoms with Crippen molar-refractivity contribution in [1.29, 1.82) is 0 Å². The second-order valence-corrected chi connectivity index (χ2v) is 4.76. The molecule has 7 heteroatoms. The number of carbonyl (C=O) groups is 1. The molecule has 0 aromatic heterocycles. The minimum Gasteiger partial charge on any atom is -0.400 e. The summed E-state index contributed by atoms with van der Waals surface area (Å²) in [5.41, 5.74) is 0. The van der Waals surface area contributed by atoms with E-state index in [-0.39, 0.29) is 0 Å². The molecule has 0 aliphatic heterocycles. The van der Waals surface area contributed by atoms with Gasteiger partial charge in [-0.15, -0.1) is 0 Å². The van der Waals surface area contributed by atoms with E-state index in [4.69, 9.17) is 19.3 Å². The van der Waals surface area contributed by atoms with E-state index in [1.54, 1.807) is 0 Å². The molecular formula is C18H42N2O5. The number of nitrogens with one attached hydrogen (secondary N) is 1. The highest BCUT2D eigenvalue weighted by Gasteiger charge is 2.02. The van der Waals surface area contributed by atoms with Crippen LogP contribution in [-0.2, 0) is 19.0 Å². The molecule has 0 unspecified atom stereocenters. The van der Waals surface area contributed by atoms with Crippen molar-refractivity contribution in [3.8, 4) is 0 Å². The van der Waals surface area contributed by atoms with Crippen molar-refractivity contribution >= 4 is 6.29 Å². The van der Waals surface area contributed by atoms with Crippen molar-refractivity contribution in [3.63, 3.8) is 0 Å². The molecule has 25 heavy (non-hydrogen) atoms. The number of unbranched alkanes of at least 4 members (excludes halogenated alkanes) is 1. The molecule has 0 aromatic rings. The molecule has 0 rings (SSSR count). The van der Waals surface area contributed by atoms with Crippen molar-refractivity contribution in [3.05, 3.63) is 0 Å². The smallest absolute Gasteiger partial charge is 0.133 e. The van der Waals surface area contributed by atoms with E-state index in [2.05, 4.69) is 17.1 Å². The third-order valence-corrected chi connectivity index (χ3v) is 2.95. The fourth-order valence-electron chi connectivity index (χ4n) is 1.69. The molecule has 0 aliphatic carbocycles. The van der Waals surface area contributed by atoms with Crippen molar-refractivity contribution in [1.82, 2.24) is 10.2 Å². The summed E-state index contributed by atoms with van der Waals surface area (Å²) in [6, 6.07) is 0. The van der Waals surface area contributed by atoms with E-state index in [0.29, 0.717) is 46.2 Å². The van der Waals surface area contributed by atoms with Crippen LogP contribution in [0.5, 0.6) is 0 Å². The predicted octanol–water partition coefficient (Wildman–Crippen LogP) is 1.19. The Hall–Kier alpha value is -0.570. The molecule has 0 radical (unpaired) electrons. The summed E-state index contributed by atoms with van der Waals surface area (Å²) in [6.07, 6.45) is 3.21. The largest absolute Gasteiger partial charge is 0.400 e. The van der Waals surface area contributed by atoms with Gasteiger partial charge in [-0.3, -0.25) is 4.90 Å². The molecule has 2 N–H and O–H groups in total. The van der Waals surface area contributed by atoms with Gasteiger partial charge in [-0.05, 0) is 20.0 Å². The first-order valence-electron chi connectivity index (χ1n) is 9.33. The maximum atomic E-state index is 10.6. The number of ether oxygens (including phenoxy) is 3. The van der Waals surface area contributed by atoms with Crippen LogP contribution in [0.3, 0.4) is 0 Å². The van der Waals surface area contributed by atoms with Crippen molar-refractivity contribution in [2.24, 2.45) is 0 Å². The average molecular weight is 367 g/mol. The number of carbonyl (C=O) groups excluding carboxylic acids is 1. The van der Waals surface area contributed by atoms with Crippen LogP contribution in [0, 0.1) is 0 Å². The fourth-order valence-corrected chi connectivity index (χ4v) is 1.69. The van der Waals surface area contributed by atoms with E-state index in [9.17, 15) is 4.79 Å². The summed E-state index contributed by atoms with van der Waals surface area (Å²) >= 11 is 0. The Morgan fingerprint density at radius 3 is 1.92 bits per heavy atom. The Labute approximate surface area is 155 Å². The lowest BCUT2D eigenvalue weighted by atomic mass is 10.3. The lowest BCUT2D eigenvalue weighted by Crippen LogP contribution is -2.30. The van der Waals surface area contributed by atoms with Crippen molar-refractivity contribution in [2.75, 3.05) is 80.0 Å². The van der Waals surface area contributed by atoms with Crippen LogP contribution in [0.4, 0.5) is 0 Å². The van der Waals surface area contributed by atoms with Crippen LogP contribution in [0.1, 0.15) is 33.6 Å². The minimum absolute atomic E-state index is 0.490. The van der Waals surface area contributed by atoms with Gasteiger partial charge in [-0.25, -0.2) is 0 Å². The monoisotopic (exact) mass is 366 g/mol. The molecule has 0 saturated heterocycles. The zero-order chi connectivity index (χ0) is 19.6. The van der Waals surface area contributed by atoms with Gasteiger partial charge in [0.2, 0.25) is 0 Å². The highest BCUT2D eigenvalue weighted by Crippen LogP contribution is 1.94. The number of aliphatic hydroxyl groups is 1. The summed E-state index contributed by atoms with van der Waals surface area (Å²) in [5.74, 6) is 0. The first kappa shape index (κ1) is 29.2. The van der Waals surface area contributed by atoms with E-state index < -0.39 is 0 Å². The number of hydrogen-bond donors (Lipinski definition) is 2. The quantitative estimate of drug-likeness (QED) is 0.296. The van der Waals surface area contributed by atoms with Gasteiger partial charge < -0.3 is 29.4 Å². The van der Waals surface area contributed by atoms with Gasteiger partial charge in [-0.2, -0.15) is 0 Å². The Bertz CT molecular complexity index is 222. The zero-order valence-corrected chi connectivity index (χ0v) is 17.1. The van der Waals surface area contributed by atoms with Crippen LogP contribution in [0.2, 0.25) is 0 Å². The van der Waals surface area contributed by atoms with E-state index in [1.807, 2.05) is 20.9 Å². The normalized spacial score (nSPS) is 9.88. The maximum Gasteiger partial charge on any atom is 0.133 e. The van der Waals surface area contributed by atoms with Gasteiger partial charge in [0.1, 0.15) is 6.29 Å². The Balaban J connectivity index is -0.00000112. The summed E-state index contributed by atoms with van der Waals surface area (Å²) in [7, 11) is 2.90. The SMILES string of the molecule is CC.CCCCN(CC=O)CCOCCOCCOCCNC.CO. The molecule has 0 amide bonds. The summed E-state index contributed by atoms with van der Waals surface area (Å²) in [5, 5.41) is 10.0. The Morgan fingerprint density at radius 2 is 1.44 bits per heavy atom. The molecule has 0 fully saturated rings. The first-order chi connectivity index (χ1) is 12.3. The molecule has 0 saturated carbocycles. The van der Waals surface area contributed by atoms with Gasteiger partial charge in [-0.1, -0.05) is 27.2 Å². The molecule has 0 aliphatic rings. The number of aldehydes is 1. The second kappa shape index (κ2) is 31.2. The standard InChI is InChI=1S/C15H32N2O4.C2H6.CH4O/c1-3-4-6-17(7-9-18)8-11-20-13-15-21-14-12-19-10-5-16-2;2*1-2/h9,16H,3-8,10-15H2,1-2H3;1-2H3;2H,1H3. The van der Waals surface area contributed by atoms with Crippen molar-refractivity contribution in [2.45, 2.75) is 33.6 Å². The predicted molar refractivity (Wildman–Crippen MR) is 103 cm³/mol. The van der Waals surface area contributed by atoms with E-state index >= 15 is 0 Å². The number of aliphatic hydroxyl groups excluding tert-OH is 1. The van der Waals surface area contributed by atoms with Gasteiger partial charge in [0.05, 0.1) is 46.2 Å². The average Bonchev–Trinajstić information content (AvgIpc) is 2.67. The lowest BCUT2D eigenvalue weighted by molar-refractivity contribution is -0.109. The van der Waals surface area contributed by atoms with E-state index in [1.165, 1.54) is 0 Å². The number of hydrogen-bond acceptors (Lipinski definition) is 7. The number of rotatable bonds is 17. The van der Waals surface area contributed by atoms with Gasteiger partial charge in [0.15, 0.2) is 0 Å². The maximum absolute atomic E-state index is 10.6. The highest BCUT2D eigenvalue weighted by atomic mass is 16.5.